The summed E-state index contributed by atoms with van der Waals surface area (Å²) in [6.45, 7) is 3.20. The summed E-state index contributed by atoms with van der Waals surface area (Å²) in [6, 6.07) is 12.9. The highest BCUT2D eigenvalue weighted by atomic mass is 16.5. The van der Waals surface area contributed by atoms with E-state index in [0.717, 1.165) is 36.3 Å². The topological polar surface area (TPSA) is 68.2 Å². The fraction of sp³-hybridized carbons (Fsp3) is 0.435. The fourth-order valence-corrected chi connectivity index (χ4v) is 4.02. The van der Waals surface area contributed by atoms with Gasteiger partial charge in [0, 0.05) is 0 Å². The molecule has 6 nitrogen and oxygen atoms in total. The summed E-state index contributed by atoms with van der Waals surface area (Å²) >= 11 is 0. The molecule has 1 aliphatic rings. The van der Waals surface area contributed by atoms with Crippen LogP contribution in [0.2, 0.25) is 0 Å². The van der Waals surface area contributed by atoms with Gasteiger partial charge in [0.1, 0.15) is 11.8 Å². The van der Waals surface area contributed by atoms with Crippen LogP contribution in [0.4, 0.5) is 0 Å². The van der Waals surface area contributed by atoms with Crippen LogP contribution in [0.25, 0.3) is 0 Å². The van der Waals surface area contributed by atoms with Crippen molar-refractivity contribution in [2.24, 2.45) is 0 Å². The molecule has 156 valence electrons. The van der Waals surface area contributed by atoms with Crippen LogP contribution < -0.4 is 14.2 Å². The standard InChI is InChI=1S/C23H29NO5/c1-4-29-20-13-10-17(15-21(20)28-3)22(16-8-11-18(27-2)12-9-16)24-14-6-5-7-19(24)23(25)26/h8-13,15,19,22H,4-7,14H2,1-3H3,(H,25,26). The van der Waals surface area contributed by atoms with Gasteiger partial charge in [0.25, 0.3) is 0 Å². The Labute approximate surface area is 172 Å². The maximum atomic E-state index is 12.0. The molecular formula is C23H29NO5. The second-order valence-corrected chi connectivity index (χ2v) is 7.11. The van der Waals surface area contributed by atoms with Crippen molar-refractivity contribution in [3.63, 3.8) is 0 Å². The summed E-state index contributed by atoms with van der Waals surface area (Å²) in [6.07, 6.45) is 2.55. The molecule has 0 aliphatic carbocycles. The van der Waals surface area contributed by atoms with Crippen LogP contribution in [-0.4, -0.2) is 49.4 Å². The molecule has 2 unspecified atom stereocenters. The first kappa shape index (κ1) is 21.0. The Bertz CT molecular complexity index is 821. The van der Waals surface area contributed by atoms with Crippen LogP contribution in [0.3, 0.4) is 0 Å². The number of ether oxygens (including phenoxy) is 3. The lowest BCUT2D eigenvalue weighted by Crippen LogP contribution is -2.46. The summed E-state index contributed by atoms with van der Waals surface area (Å²) in [5.74, 6) is 1.32. The third kappa shape index (κ3) is 4.65. The molecular weight excluding hydrogens is 370 g/mol. The number of aliphatic carboxylic acids is 1. The lowest BCUT2D eigenvalue weighted by Gasteiger charge is -2.39. The van der Waals surface area contributed by atoms with Crippen LogP contribution in [0.5, 0.6) is 17.2 Å². The first-order valence-corrected chi connectivity index (χ1v) is 10.0. The van der Waals surface area contributed by atoms with Crippen LogP contribution >= 0.6 is 0 Å². The van der Waals surface area contributed by atoms with Crippen molar-refractivity contribution in [1.29, 1.82) is 0 Å². The third-order valence-electron chi connectivity index (χ3n) is 5.40. The van der Waals surface area contributed by atoms with Gasteiger partial charge in [-0.1, -0.05) is 24.6 Å². The van der Waals surface area contributed by atoms with Gasteiger partial charge < -0.3 is 19.3 Å². The minimum Gasteiger partial charge on any atom is -0.497 e. The molecule has 0 saturated carbocycles. The highest BCUT2D eigenvalue weighted by Crippen LogP contribution is 2.38. The normalized spacial score (nSPS) is 18.1. The number of hydrogen-bond donors (Lipinski definition) is 1. The molecule has 0 bridgehead atoms. The van der Waals surface area contributed by atoms with Crippen molar-refractivity contribution in [2.75, 3.05) is 27.4 Å². The highest BCUT2D eigenvalue weighted by molar-refractivity contribution is 5.73. The minimum atomic E-state index is -0.777. The second kappa shape index (κ2) is 9.65. The van der Waals surface area contributed by atoms with E-state index in [4.69, 9.17) is 14.2 Å². The lowest BCUT2D eigenvalue weighted by atomic mass is 9.91. The molecule has 1 saturated heterocycles. The first-order valence-electron chi connectivity index (χ1n) is 10.0. The average molecular weight is 399 g/mol. The minimum absolute atomic E-state index is 0.202. The number of hydrogen-bond acceptors (Lipinski definition) is 5. The molecule has 2 aromatic carbocycles. The number of methoxy groups -OCH3 is 2. The van der Waals surface area contributed by atoms with E-state index in [-0.39, 0.29) is 6.04 Å². The molecule has 0 aromatic heterocycles. The zero-order chi connectivity index (χ0) is 20.8. The molecule has 0 amide bonds. The number of rotatable bonds is 8. The van der Waals surface area contributed by atoms with Crippen molar-refractivity contribution in [3.8, 4) is 17.2 Å². The molecule has 1 fully saturated rings. The molecule has 0 spiro atoms. The van der Waals surface area contributed by atoms with E-state index in [1.807, 2.05) is 49.4 Å². The van der Waals surface area contributed by atoms with E-state index in [9.17, 15) is 9.90 Å². The molecule has 1 heterocycles. The SMILES string of the molecule is CCOc1ccc(C(c2ccc(OC)cc2)N2CCCCC2C(=O)O)cc1OC. The lowest BCUT2D eigenvalue weighted by molar-refractivity contribution is -0.145. The molecule has 6 heteroatoms. The molecule has 2 aromatic rings. The molecule has 1 aliphatic heterocycles. The van der Waals surface area contributed by atoms with Crippen LogP contribution in [0.15, 0.2) is 42.5 Å². The summed E-state index contributed by atoms with van der Waals surface area (Å²) in [5.41, 5.74) is 1.99. The predicted molar refractivity (Wildman–Crippen MR) is 111 cm³/mol. The zero-order valence-electron chi connectivity index (χ0n) is 17.3. The van der Waals surface area contributed by atoms with Gasteiger partial charge in [0.05, 0.1) is 26.9 Å². The smallest absolute Gasteiger partial charge is 0.320 e. The number of benzene rings is 2. The third-order valence-corrected chi connectivity index (χ3v) is 5.40. The van der Waals surface area contributed by atoms with Gasteiger partial charge in [0.2, 0.25) is 0 Å². The van der Waals surface area contributed by atoms with E-state index in [1.165, 1.54) is 0 Å². The van der Waals surface area contributed by atoms with Crippen LogP contribution in [0, 0.1) is 0 Å². The highest BCUT2D eigenvalue weighted by Gasteiger charge is 2.35. The van der Waals surface area contributed by atoms with Crippen LogP contribution in [-0.2, 0) is 4.79 Å². The van der Waals surface area contributed by atoms with E-state index in [2.05, 4.69) is 4.90 Å². The van der Waals surface area contributed by atoms with Gasteiger partial charge in [-0.05, 0) is 61.7 Å². The molecule has 3 rings (SSSR count). The summed E-state index contributed by atoms with van der Waals surface area (Å²) in [5, 5.41) is 9.84. The molecule has 2 atom stereocenters. The van der Waals surface area contributed by atoms with Gasteiger partial charge in [0.15, 0.2) is 11.5 Å². The van der Waals surface area contributed by atoms with Gasteiger partial charge in [-0.3, -0.25) is 9.69 Å². The zero-order valence-corrected chi connectivity index (χ0v) is 17.3. The quantitative estimate of drug-likeness (QED) is 0.720. The Balaban J connectivity index is 2.08. The first-order chi connectivity index (χ1) is 14.1. The van der Waals surface area contributed by atoms with Gasteiger partial charge in [-0.15, -0.1) is 0 Å². The van der Waals surface area contributed by atoms with E-state index in [1.54, 1.807) is 14.2 Å². The molecule has 29 heavy (non-hydrogen) atoms. The summed E-state index contributed by atoms with van der Waals surface area (Å²) in [7, 11) is 3.25. The van der Waals surface area contributed by atoms with Crippen molar-refractivity contribution in [1.82, 2.24) is 4.90 Å². The number of likely N-dealkylation sites (tertiary alicyclic amines) is 1. The number of carboxylic acids is 1. The number of carbonyl (C=O) groups is 1. The molecule has 1 N–H and O–H groups in total. The number of nitrogens with zero attached hydrogens (tertiary/aromatic N) is 1. The Morgan fingerprint density at radius 2 is 1.79 bits per heavy atom. The monoisotopic (exact) mass is 399 g/mol. The summed E-state index contributed by atoms with van der Waals surface area (Å²) in [4.78, 5) is 14.1. The van der Waals surface area contributed by atoms with Crippen molar-refractivity contribution in [2.45, 2.75) is 38.3 Å². The number of carboxylic acid groups (broad SMARTS) is 1. The van der Waals surface area contributed by atoms with E-state index >= 15 is 0 Å². The van der Waals surface area contributed by atoms with Crippen molar-refractivity contribution >= 4 is 5.97 Å². The van der Waals surface area contributed by atoms with Gasteiger partial charge in [-0.25, -0.2) is 0 Å². The Morgan fingerprint density at radius 1 is 1.07 bits per heavy atom. The van der Waals surface area contributed by atoms with Crippen molar-refractivity contribution in [3.05, 3.63) is 53.6 Å². The second-order valence-electron chi connectivity index (χ2n) is 7.11. The summed E-state index contributed by atoms with van der Waals surface area (Å²) < 4.78 is 16.5. The predicted octanol–water partition coefficient (Wildman–Crippen LogP) is 4.13. The van der Waals surface area contributed by atoms with Gasteiger partial charge >= 0.3 is 5.97 Å². The fourth-order valence-electron chi connectivity index (χ4n) is 4.02. The Kier molecular flexibility index (Phi) is 6.99. The number of piperidine rings is 1. The molecule has 0 radical (unpaired) electrons. The largest absolute Gasteiger partial charge is 0.497 e. The maximum absolute atomic E-state index is 12.0. The van der Waals surface area contributed by atoms with E-state index < -0.39 is 12.0 Å². The van der Waals surface area contributed by atoms with Crippen molar-refractivity contribution < 1.29 is 24.1 Å². The Hall–Kier alpha value is -2.73. The average Bonchev–Trinajstić information content (AvgIpc) is 2.75. The van der Waals surface area contributed by atoms with Crippen LogP contribution in [0.1, 0.15) is 43.4 Å². The maximum Gasteiger partial charge on any atom is 0.320 e. The van der Waals surface area contributed by atoms with Gasteiger partial charge in [-0.2, -0.15) is 0 Å². The van der Waals surface area contributed by atoms with E-state index in [0.29, 0.717) is 24.5 Å². The Morgan fingerprint density at radius 3 is 2.41 bits per heavy atom.